The first-order valence-electron chi connectivity index (χ1n) is 10.9. The van der Waals surface area contributed by atoms with Crippen LogP contribution >= 0.6 is 11.6 Å². The van der Waals surface area contributed by atoms with Crippen LogP contribution in [0.3, 0.4) is 0 Å². The molecule has 5 heteroatoms. The summed E-state index contributed by atoms with van der Waals surface area (Å²) < 4.78 is 11.7. The van der Waals surface area contributed by atoms with Crippen molar-refractivity contribution in [1.29, 1.82) is 0 Å². The minimum absolute atomic E-state index is 0.230. The predicted molar refractivity (Wildman–Crippen MR) is 136 cm³/mol. The Morgan fingerprint density at radius 2 is 1.85 bits per heavy atom. The molecule has 4 aromatic rings. The van der Waals surface area contributed by atoms with E-state index < -0.39 is 0 Å². The second-order valence-electron chi connectivity index (χ2n) is 8.07. The van der Waals surface area contributed by atoms with E-state index in [1.54, 1.807) is 24.5 Å². The number of furan rings is 1. The third kappa shape index (κ3) is 4.96. The van der Waals surface area contributed by atoms with Gasteiger partial charge in [0.1, 0.15) is 11.3 Å². The molecule has 0 unspecified atom stereocenters. The minimum atomic E-state index is -0.230. The number of aryl methyl sites for hydroxylation is 2. The Kier molecular flexibility index (Phi) is 6.57. The molecule has 1 amide bonds. The maximum absolute atomic E-state index is 12.8. The van der Waals surface area contributed by atoms with Gasteiger partial charge in [0, 0.05) is 39.4 Å². The number of benzene rings is 3. The number of halogens is 1. The second kappa shape index (κ2) is 9.55. The molecule has 0 bridgehead atoms. The highest BCUT2D eigenvalue weighted by Crippen LogP contribution is 2.37. The molecule has 3 aromatic carbocycles. The molecule has 0 fully saturated rings. The quantitative estimate of drug-likeness (QED) is 0.299. The van der Waals surface area contributed by atoms with Crippen molar-refractivity contribution >= 4 is 39.7 Å². The zero-order valence-corrected chi connectivity index (χ0v) is 19.9. The van der Waals surface area contributed by atoms with Gasteiger partial charge >= 0.3 is 0 Å². The fourth-order valence-corrected chi connectivity index (χ4v) is 3.94. The van der Waals surface area contributed by atoms with Crippen LogP contribution in [0.1, 0.15) is 30.5 Å². The highest BCUT2D eigenvalue weighted by Gasteiger charge is 2.15. The summed E-state index contributed by atoms with van der Waals surface area (Å²) in [6.07, 6.45) is 3.35. The van der Waals surface area contributed by atoms with Crippen molar-refractivity contribution in [3.05, 3.63) is 88.6 Å². The average Bonchev–Trinajstić information content (AvgIpc) is 3.19. The van der Waals surface area contributed by atoms with E-state index in [2.05, 4.69) is 36.5 Å². The van der Waals surface area contributed by atoms with Crippen molar-refractivity contribution in [2.75, 3.05) is 11.9 Å². The van der Waals surface area contributed by atoms with Crippen LogP contribution in [-0.4, -0.2) is 12.5 Å². The monoisotopic (exact) mass is 459 g/mol. The topological polar surface area (TPSA) is 51.5 Å². The molecule has 1 N–H and O–H groups in total. The summed E-state index contributed by atoms with van der Waals surface area (Å²) in [5.74, 6) is 0.446. The highest BCUT2D eigenvalue weighted by molar-refractivity contribution is 6.31. The van der Waals surface area contributed by atoms with E-state index in [4.69, 9.17) is 20.8 Å². The molecule has 168 valence electrons. The van der Waals surface area contributed by atoms with E-state index in [0.717, 1.165) is 38.8 Å². The van der Waals surface area contributed by atoms with Gasteiger partial charge in [-0.2, -0.15) is 0 Å². The van der Waals surface area contributed by atoms with E-state index in [1.807, 2.05) is 39.0 Å². The maximum atomic E-state index is 12.8. The Morgan fingerprint density at radius 1 is 1.09 bits per heavy atom. The third-order valence-corrected chi connectivity index (χ3v) is 5.80. The predicted octanol–water partition coefficient (Wildman–Crippen LogP) is 7.81. The number of nitrogens with one attached hydrogen (secondary N) is 1. The summed E-state index contributed by atoms with van der Waals surface area (Å²) in [6, 6.07) is 17.7. The Labute approximate surface area is 198 Å². The first-order chi connectivity index (χ1) is 15.9. The number of ether oxygens (including phenoxy) is 1. The van der Waals surface area contributed by atoms with Crippen LogP contribution in [0.15, 0.2) is 71.4 Å². The molecule has 0 spiro atoms. The number of carbonyl (C=O) groups is 1. The van der Waals surface area contributed by atoms with Gasteiger partial charge in [-0.25, -0.2) is 0 Å². The number of fused-ring (bicyclic) bond motifs is 1. The van der Waals surface area contributed by atoms with Crippen LogP contribution in [0.5, 0.6) is 5.75 Å². The first-order valence-corrected chi connectivity index (χ1v) is 11.2. The fraction of sp³-hybridized carbons (Fsp3) is 0.179. The Bertz CT molecular complexity index is 1350. The van der Waals surface area contributed by atoms with Crippen LogP contribution in [0.25, 0.3) is 27.7 Å². The van der Waals surface area contributed by atoms with E-state index in [0.29, 0.717) is 23.1 Å². The number of hydrogen-bond acceptors (Lipinski definition) is 3. The summed E-state index contributed by atoms with van der Waals surface area (Å²) in [5.41, 5.74) is 7.28. The van der Waals surface area contributed by atoms with Crippen molar-refractivity contribution in [1.82, 2.24) is 0 Å². The Balaban J connectivity index is 1.73. The molecule has 0 aliphatic carbocycles. The molecule has 0 radical (unpaired) electrons. The van der Waals surface area contributed by atoms with Crippen LogP contribution in [-0.2, 0) is 4.79 Å². The SMILES string of the molecule is CCOc1cc2occ(-c3ccc(C)cc3)c2cc1/C(C)=C/C(=O)Nc1cc(Cl)ccc1C. The van der Waals surface area contributed by atoms with Crippen LogP contribution < -0.4 is 10.1 Å². The molecule has 0 aliphatic rings. The lowest BCUT2D eigenvalue weighted by atomic mass is 9.98. The van der Waals surface area contributed by atoms with Crippen molar-refractivity contribution in [3.8, 4) is 16.9 Å². The van der Waals surface area contributed by atoms with E-state index in [9.17, 15) is 4.79 Å². The van der Waals surface area contributed by atoms with Gasteiger partial charge in [0.05, 0.1) is 12.9 Å². The molecule has 0 saturated heterocycles. The minimum Gasteiger partial charge on any atom is -0.493 e. The van der Waals surface area contributed by atoms with Gasteiger partial charge in [0.2, 0.25) is 5.91 Å². The van der Waals surface area contributed by atoms with Crippen molar-refractivity contribution in [3.63, 3.8) is 0 Å². The maximum Gasteiger partial charge on any atom is 0.248 e. The molecule has 1 heterocycles. The normalized spacial score (nSPS) is 11.6. The number of carbonyl (C=O) groups excluding carboxylic acids is 1. The van der Waals surface area contributed by atoms with E-state index in [1.165, 1.54) is 5.56 Å². The van der Waals surface area contributed by atoms with Gasteiger partial charge in [-0.1, -0.05) is 47.5 Å². The van der Waals surface area contributed by atoms with E-state index in [-0.39, 0.29) is 5.91 Å². The van der Waals surface area contributed by atoms with Crippen LogP contribution in [0.2, 0.25) is 5.02 Å². The van der Waals surface area contributed by atoms with Crippen LogP contribution in [0.4, 0.5) is 5.69 Å². The van der Waals surface area contributed by atoms with Crippen molar-refractivity contribution in [2.45, 2.75) is 27.7 Å². The summed E-state index contributed by atoms with van der Waals surface area (Å²) >= 11 is 6.08. The number of anilines is 1. The molecule has 33 heavy (non-hydrogen) atoms. The smallest absolute Gasteiger partial charge is 0.248 e. The molecule has 4 rings (SSSR count). The zero-order chi connectivity index (χ0) is 23.5. The first kappa shape index (κ1) is 22.7. The van der Waals surface area contributed by atoms with Crippen molar-refractivity contribution < 1.29 is 13.9 Å². The lowest BCUT2D eigenvalue weighted by Gasteiger charge is -2.12. The Hall–Kier alpha value is -3.50. The number of rotatable bonds is 6. The molecule has 1 aromatic heterocycles. The summed E-state index contributed by atoms with van der Waals surface area (Å²) in [5, 5.41) is 4.46. The zero-order valence-electron chi connectivity index (χ0n) is 19.2. The lowest BCUT2D eigenvalue weighted by molar-refractivity contribution is -0.111. The molecule has 0 atom stereocenters. The summed E-state index contributed by atoms with van der Waals surface area (Å²) in [4.78, 5) is 12.8. The lowest BCUT2D eigenvalue weighted by Crippen LogP contribution is -2.10. The third-order valence-electron chi connectivity index (χ3n) is 5.57. The largest absolute Gasteiger partial charge is 0.493 e. The van der Waals surface area contributed by atoms with Gasteiger partial charge in [0.25, 0.3) is 0 Å². The highest BCUT2D eigenvalue weighted by atomic mass is 35.5. The average molecular weight is 460 g/mol. The fourth-order valence-electron chi connectivity index (χ4n) is 3.77. The van der Waals surface area contributed by atoms with Gasteiger partial charge < -0.3 is 14.5 Å². The van der Waals surface area contributed by atoms with Gasteiger partial charge in [-0.15, -0.1) is 0 Å². The molecular weight excluding hydrogens is 434 g/mol. The Morgan fingerprint density at radius 3 is 2.58 bits per heavy atom. The van der Waals surface area contributed by atoms with Crippen LogP contribution in [0, 0.1) is 13.8 Å². The summed E-state index contributed by atoms with van der Waals surface area (Å²) in [7, 11) is 0. The molecule has 4 nitrogen and oxygen atoms in total. The number of amides is 1. The molecule has 0 saturated carbocycles. The van der Waals surface area contributed by atoms with Gasteiger partial charge in [-0.3, -0.25) is 4.79 Å². The van der Waals surface area contributed by atoms with Crippen molar-refractivity contribution in [2.24, 2.45) is 0 Å². The molecule has 0 aliphatic heterocycles. The second-order valence-corrected chi connectivity index (χ2v) is 8.51. The summed E-state index contributed by atoms with van der Waals surface area (Å²) in [6.45, 7) is 8.33. The molecular formula is C28H26ClNO3. The van der Waals surface area contributed by atoms with Gasteiger partial charge in [-0.05, 0) is 62.6 Å². The number of allylic oxidation sites excluding steroid dienone is 1. The van der Waals surface area contributed by atoms with E-state index >= 15 is 0 Å². The number of hydrogen-bond donors (Lipinski definition) is 1. The standard InChI is InChI=1S/C28H26ClNO3/c1-5-32-26-15-27-23(24(16-33-27)20-9-6-17(2)7-10-20)14-22(26)19(4)12-28(31)30-25-13-21(29)11-8-18(25)3/h6-16H,5H2,1-4H3,(H,30,31)/b19-12+. The van der Waals surface area contributed by atoms with Gasteiger partial charge in [0.15, 0.2) is 0 Å².